The number of carbonyl (C=O) groups is 1. The molecule has 17 heavy (non-hydrogen) atoms. The second kappa shape index (κ2) is 5.27. The predicted molar refractivity (Wildman–Crippen MR) is 67.3 cm³/mol. The second-order valence-electron chi connectivity index (χ2n) is 3.83. The van der Waals surface area contributed by atoms with Gasteiger partial charge in [-0.1, -0.05) is 30.3 Å². The van der Waals surface area contributed by atoms with Gasteiger partial charge in [-0.3, -0.25) is 14.9 Å². The van der Waals surface area contributed by atoms with Crippen molar-refractivity contribution in [2.75, 3.05) is 0 Å². The number of halogens is 1. The van der Waals surface area contributed by atoms with Crippen LogP contribution in [0, 0.1) is 10.1 Å². The fraction of sp³-hybridized carbons (Fsp3) is 0.364. The molecule has 92 valence electrons. The van der Waals surface area contributed by atoms with Crippen LogP contribution in [0.5, 0.6) is 0 Å². The summed E-state index contributed by atoms with van der Waals surface area (Å²) in [5, 5.41) is 13.6. The van der Waals surface area contributed by atoms with Crippen molar-refractivity contribution in [1.82, 2.24) is 5.32 Å². The summed E-state index contributed by atoms with van der Waals surface area (Å²) in [4.78, 5) is 21.7. The lowest BCUT2D eigenvalue weighted by Gasteiger charge is -2.25. The van der Waals surface area contributed by atoms with Crippen molar-refractivity contribution in [1.29, 1.82) is 0 Å². The normalized spacial score (nSPS) is 15.7. The van der Waals surface area contributed by atoms with Crippen molar-refractivity contribution in [3.8, 4) is 0 Å². The van der Waals surface area contributed by atoms with Crippen LogP contribution in [0.3, 0.4) is 0 Å². The molecule has 1 rings (SSSR count). The van der Waals surface area contributed by atoms with E-state index in [4.69, 9.17) is 0 Å². The second-order valence-corrected chi connectivity index (χ2v) is 5.43. The van der Waals surface area contributed by atoms with E-state index in [2.05, 4.69) is 21.2 Å². The molecule has 0 radical (unpaired) electrons. The zero-order valence-electron chi connectivity index (χ0n) is 9.51. The summed E-state index contributed by atoms with van der Waals surface area (Å²) in [5.41, 5.74) is 0.679. The molecule has 0 aliphatic heterocycles. The van der Waals surface area contributed by atoms with Crippen molar-refractivity contribution < 1.29 is 9.72 Å². The first-order valence-corrected chi connectivity index (χ1v) is 5.80. The van der Waals surface area contributed by atoms with Crippen molar-refractivity contribution >= 4 is 21.8 Å². The summed E-state index contributed by atoms with van der Waals surface area (Å²) >= 11 is 3.06. The average molecular weight is 301 g/mol. The SMILES string of the molecule is CC(=O)NC(c1ccccc1)C(C)(Br)[N+](=O)[O-]. The highest BCUT2D eigenvalue weighted by molar-refractivity contribution is 9.10. The molecule has 5 nitrogen and oxygen atoms in total. The third-order valence-corrected chi connectivity index (χ3v) is 3.11. The maximum Gasteiger partial charge on any atom is 0.295 e. The molecule has 0 aliphatic carbocycles. The van der Waals surface area contributed by atoms with Crippen LogP contribution in [0.25, 0.3) is 0 Å². The quantitative estimate of drug-likeness (QED) is 0.401. The summed E-state index contributed by atoms with van der Waals surface area (Å²) in [6.45, 7) is 2.75. The van der Waals surface area contributed by atoms with E-state index >= 15 is 0 Å². The molecule has 0 aromatic heterocycles. The molecule has 2 atom stereocenters. The fourth-order valence-electron chi connectivity index (χ4n) is 1.47. The molecule has 0 spiro atoms. The largest absolute Gasteiger partial charge is 0.342 e. The Morgan fingerprint density at radius 2 is 2.00 bits per heavy atom. The average Bonchev–Trinajstić information content (AvgIpc) is 2.26. The van der Waals surface area contributed by atoms with E-state index in [1.165, 1.54) is 13.8 Å². The molecular formula is C11H13BrN2O3. The van der Waals surface area contributed by atoms with Gasteiger partial charge >= 0.3 is 0 Å². The number of nitrogens with one attached hydrogen (secondary N) is 1. The molecule has 1 amide bonds. The molecule has 6 heteroatoms. The van der Waals surface area contributed by atoms with Gasteiger partial charge in [-0.15, -0.1) is 0 Å². The van der Waals surface area contributed by atoms with Gasteiger partial charge in [0.05, 0.1) is 0 Å². The Morgan fingerprint density at radius 1 is 1.47 bits per heavy atom. The number of nitrogens with zero attached hydrogens (tertiary/aromatic N) is 1. The Hall–Kier alpha value is -1.43. The summed E-state index contributed by atoms with van der Waals surface area (Å²) in [6.07, 6.45) is 0. The number of alkyl halides is 1. The first-order chi connectivity index (χ1) is 7.85. The summed E-state index contributed by atoms with van der Waals surface area (Å²) in [6, 6.07) is 8.11. The zero-order chi connectivity index (χ0) is 13.1. The first-order valence-electron chi connectivity index (χ1n) is 5.01. The highest BCUT2D eigenvalue weighted by atomic mass is 79.9. The number of carbonyl (C=O) groups excluding carboxylic acids is 1. The lowest BCUT2D eigenvalue weighted by Crippen LogP contribution is -2.44. The molecule has 1 N–H and O–H groups in total. The van der Waals surface area contributed by atoms with Crippen LogP contribution in [0.1, 0.15) is 25.5 Å². The van der Waals surface area contributed by atoms with Gasteiger partial charge in [0.15, 0.2) is 0 Å². The standard InChI is InChI=1S/C11H13BrN2O3/c1-8(15)13-10(11(2,12)14(16)17)9-6-4-3-5-7-9/h3-7,10H,1-2H3,(H,13,15). The fourth-order valence-corrected chi connectivity index (χ4v) is 1.85. The smallest absolute Gasteiger partial charge is 0.295 e. The lowest BCUT2D eigenvalue weighted by atomic mass is 10.0. The maximum absolute atomic E-state index is 11.1. The van der Waals surface area contributed by atoms with Gasteiger partial charge < -0.3 is 5.32 Å². The van der Waals surface area contributed by atoms with Crippen LogP contribution in [-0.4, -0.2) is 15.3 Å². The first kappa shape index (κ1) is 13.6. The van der Waals surface area contributed by atoms with Crippen molar-refractivity contribution in [2.24, 2.45) is 0 Å². The molecular weight excluding hydrogens is 288 g/mol. The minimum absolute atomic E-state index is 0.314. The molecule has 0 aliphatic rings. The topological polar surface area (TPSA) is 72.2 Å². The minimum Gasteiger partial charge on any atom is -0.342 e. The Labute approximate surface area is 107 Å². The van der Waals surface area contributed by atoms with Gasteiger partial charge in [-0.2, -0.15) is 0 Å². The van der Waals surface area contributed by atoms with Crippen molar-refractivity contribution in [3.63, 3.8) is 0 Å². The predicted octanol–water partition coefficient (Wildman–Crippen LogP) is 2.25. The number of nitro groups is 1. The van der Waals surface area contributed by atoms with E-state index in [0.29, 0.717) is 5.56 Å². The third-order valence-electron chi connectivity index (χ3n) is 2.36. The van der Waals surface area contributed by atoms with Gasteiger partial charge in [-0.25, -0.2) is 0 Å². The van der Waals surface area contributed by atoms with Crippen LogP contribution in [0.15, 0.2) is 30.3 Å². The van der Waals surface area contributed by atoms with Gasteiger partial charge in [0.25, 0.3) is 4.45 Å². The maximum atomic E-state index is 11.1. The Kier molecular flexibility index (Phi) is 4.22. The molecule has 0 heterocycles. The third kappa shape index (κ3) is 3.26. The molecule has 0 bridgehead atoms. The van der Waals surface area contributed by atoms with Crippen LogP contribution in [-0.2, 0) is 4.79 Å². The lowest BCUT2D eigenvalue weighted by molar-refractivity contribution is -0.536. The molecule has 1 aromatic carbocycles. The van der Waals surface area contributed by atoms with Gasteiger partial charge in [0.2, 0.25) is 5.91 Å². The van der Waals surface area contributed by atoms with E-state index in [-0.39, 0.29) is 5.91 Å². The van der Waals surface area contributed by atoms with Crippen LogP contribution in [0.2, 0.25) is 0 Å². The van der Waals surface area contributed by atoms with Gasteiger partial charge in [-0.05, 0) is 5.56 Å². The van der Waals surface area contributed by atoms with E-state index in [9.17, 15) is 14.9 Å². The monoisotopic (exact) mass is 300 g/mol. The summed E-state index contributed by atoms with van der Waals surface area (Å²) < 4.78 is -1.44. The highest BCUT2D eigenvalue weighted by Gasteiger charge is 2.44. The molecule has 0 saturated carbocycles. The van der Waals surface area contributed by atoms with E-state index in [1.807, 2.05) is 6.07 Å². The van der Waals surface area contributed by atoms with Crippen molar-refractivity contribution in [2.45, 2.75) is 24.3 Å². The van der Waals surface area contributed by atoms with Gasteiger partial charge in [0, 0.05) is 34.7 Å². The molecule has 0 fully saturated rings. The van der Waals surface area contributed by atoms with Crippen molar-refractivity contribution in [3.05, 3.63) is 46.0 Å². The minimum atomic E-state index is -1.44. The van der Waals surface area contributed by atoms with Gasteiger partial charge in [0.1, 0.15) is 6.04 Å². The van der Waals surface area contributed by atoms with Crippen LogP contribution in [0.4, 0.5) is 0 Å². The van der Waals surface area contributed by atoms with E-state index < -0.39 is 15.4 Å². The zero-order valence-corrected chi connectivity index (χ0v) is 11.1. The molecule has 2 unspecified atom stereocenters. The molecule has 1 aromatic rings. The van der Waals surface area contributed by atoms with Crippen LogP contribution < -0.4 is 5.32 Å². The van der Waals surface area contributed by atoms with E-state index in [0.717, 1.165) is 0 Å². The number of hydrogen-bond acceptors (Lipinski definition) is 3. The van der Waals surface area contributed by atoms with E-state index in [1.54, 1.807) is 24.3 Å². The summed E-state index contributed by atoms with van der Waals surface area (Å²) in [5.74, 6) is -0.314. The highest BCUT2D eigenvalue weighted by Crippen LogP contribution is 2.33. The molecule has 0 saturated heterocycles. The number of benzene rings is 1. The Balaban J connectivity index is 3.13. The summed E-state index contributed by atoms with van der Waals surface area (Å²) in [7, 11) is 0. The number of rotatable bonds is 4. The number of amides is 1. The Morgan fingerprint density at radius 3 is 2.41 bits per heavy atom. The Bertz CT molecular complexity index is 420. The number of hydrogen-bond donors (Lipinski definition) is 1. The van der Waals surface area contributed by atoms with Crippen LogP contribution >= 0.6 is 15.9 Å².